The van der Waals surface area contributed by atoms with Gasteiger partial charge in [0.1, 0.15) is 5.75 Å². The standard InChI is InChI=1S/C17H18ClNO2/c1-12(2)11-21-16-8-4-7-15(10-16)19-17(20)13-5-3-6-14(18)9-13/h3-10,12H,11H2,1-2H3,(H,19,20). The molecule has 2 aromatic rings. The Hall–Kier alpha value is -2.00. The summed E-state index contributed by atoms with van der Waals surface area (Å²) in [6.07, 6.45) is 0. The molecule has 1 amide bonds. The summed E-state index contributed by atoms with van der Waals surface area (Å²) in [4.78, 5) is 12.1. The van der Waals surface area contributed by atoms with Gasteiger partial charge in [0.2, 0.25) is 0 Å². The van der Waals surface area contributed by atoms with Gasteiger partial charge < -0.3 is 10.1 Å². The monoisotopic (exact) mass is 303 g/mol. The third kappa shape index (κ3) is 4.80. The van der Waals surface area contributed by atoms with E-state index in [1.165, 1.54) is 0 Å². The number of anilines is 1. The number of hydrogen-bond donors (Lipinski definition) is 1. The first-order valence-electron chi connectivity index (χ1n) is 6.84. The van der Waals surface area contributed by atoms with Crippen molar-refractivity contribution in [3.63, 3.8) is 0 Å². The molecule has 0 saturated heterocycles. The lowest BCUT2D eigenvalue weighted by Crippen LogP contribution is -2.12. The Kier molecular flexibility index (Phi) is 5.23. The van der Waals surface area contributed by atoms with E-state index in [0.717, 1.165) is 5.75 Å². The minimum absolute atomic E-state index is 0.196. The summed E-state index contributed by atoms with van der Waals surface area (Å²) in [5, 5.41) is 3.37. The molecule has 0 unspecified atom stereocenters. The van der Waals surface area contributed by atoms with E-state index in [9.17, 15) is 4.79 Å². The number of amides is 1. The number of carbonyl (C=O) groups excluding carboxylic acids is 1. The molecule has 2 aromatic carbocycles. The first kappa shape index (κ1) is 15.4. The Bertz CT molecular complexity index is 626. The van der Waals surface area contributed by atoms with Crippen molar-refractivity contribution in [3.05, 3.63) is 59.1 Å². The van der Waals surface area contributed by atoms with Crippen LogP contribution in [0.3, 0.4) is 0 Å². The van der Waals surface area contributed by atoms with Crippen molar-refractivity contribution in [3.8, 4) is 5.75 Å². The van der Waals surface area contributed by atoms with Crippen LogP contribution in [0.25, 0.3) is 0 Å². The van der Waals surface area contributed by atoms with E-state index in [4.69, 9.17) is 16.3 Å². The molecule has 0 spiro atoms. The average Bonchev–Trinajstić information content (AvgIpc) is 2.45. The van der Waals surface area contributed by atoms with Crippen LogP contribution >= 0.6 is 11.6 Å². The van der Waals surface area contributed by atoms with Gasteiger partial charge in [-0.05, 0) is 36.2 Å². The molecule has 0 aromatic heterocycles. The Labute approximate surface area is 129 Å². The van der Waals surface area contributed by atoms with Gasteiger partial charge >= 0.3 is 0 Å². The first-order valence-corrected chi connectivity index (χ1v) is 7.22. The normalized spacial score (nSPS) is 10.5. The number of hydrogen-bond acceptors (Lipinski definition) is 2. The number of nitrogens with one attached hydrogen (secondary N) is 1. The van der Waals surface area contributed by atoms with Gasteiger partial charge in [-0.3, -0.25) is 4.79 Å². The van der Waals surface area contributed by atoms with Crippen molar-refractivity contribution in [1.82, 2.24) is 0 Å². The second kappa shape index (κ2) is 7.14. The highest BCUT2D eigenvalue weighted by Gasteiger charge is 2.07. The fourth-order valence-corrected chi connectivity index (χ4v) is 1.95. The Morgan fingerprint density at radius 1 is 1.19 bits per heavy atom. The van der Waals surface area contributed by atoms with E-state index >= 15 is 0 Å². The van der Waals surface area contributed by atoms with Gasteiger partial charge in [0.05, 0.1) is 6.61 Å². The number of ether oxygens (including phenoxy) is 1. The van der Waals surface area contributed by atoms with Gasteiger partial charge in [0, 0.05) is 22.3 Å². The van der Waals surface area contributed by atoms with E-state index in [1.54, 1.807) is 24.3 Å². The Morgan fingerprint density at radius 2 is 1.95 bits per heavy atom. The van der Waals surface area contributed by atoms with Crippen LogP contribution in [0.4, 0.5) is 5.69 Å². The first-order chi connectivity index (χ1) is 10.0. The Morgan fingerprint density at radius 3 is 2.67 bits per heavy atom. The highest BCUT2D eigenvalue weighted by Crippen LogP contribution is 2.19. The van der Waals surface area contributed by atoms with Crippen molar-refractivity contribution in [2.75, 3.05) is 11.9 Å². The maximum Gasteiger partial charge on any atom is 0.255 e. The van der Waals surface area contributed by atoms with Crippen LogP contribution in [0.5, 0.6) is 5.75 Å². The minimum atomic E-state index is -0.196. The lowest BCUT2D eigenvalue weighted by atomic mass is 10.2. The SMILES string of the molecule is CC(C)COc1cccc(NC(=O)c2cccc(Cl)c2)c1. The topological polar surface area (TPSA) is 38.3 Å². The fourth-order valence-electron chi connectivity index (χ4n) is 1.76. The van der Waals surface area contributed by atoms with Gasteiger partial charge in [-0.2, -0.15) is 0 Å². The third-order valence-electron chi connectivity index (χ3n) is 2.76. The summed E-state index contributed by atoms with van der Waals surface area (Å²) in [5.74, 6) is 1.00. The van der Waals surface area contributed by atoms with Gasteiger partial charge in [0.25, 0.3) is 5.91 Å². The van der Waals surface area contributed by atoms with Gasteiger partial charge in [-0.25, -0.2) is 0 Å². The number of halogens is 1. The highest BCUT2D eigenvalue weighted by molar-refractivity contribution is 6.31. The van der Waals surface area contributed by atoms with Crippen LogP contribution in [-0.4, -0.2) is 12.5 Å². The molecular weight excluding hydrogens is 286 g/mol. The molecule has 0 aliphatic carbocycles. The Balaban J connectivity index is 2.05. The fraction of sp³-hybridized carbons (Fsp3) is 0.235. The average molecular weight is 304 g/mol. The number of carbonyl (C=O) groups is 1. The van der Waals surface area contributed by atoms with Crippen LogP contribution in [0.1, 0.15) is 24.2 Å². The van der Waals surface area contributed by atoms with Crippen molar-refractivity contribution in [2.45, 2.75) is 13.8 Å². The zero-order valence-electron chi connectivity index (χ0n) is 12.1. The van der Waals surface area contributed by atoms with Crippen LogP contribution in [0, 0.1) is 5.92 Å². The van der Waals surface area contributed by atoms with Crippen molar-refractivity contribution < 1.29 is 9.53 Å². The molecule has 1 N–H and O–H groups in total. The molecule has 21 heavy (non-hydrogen) atoms. The molecule has 0 aliphatic heterocycles. The van der Waals surface area contributed by atoms with Crippen molar-refractivity contribution >= 4 is 23.2 Å². The van der Waals surface area contributed by atoms with Crippen LogP contribution in [0.2, 0.25) is 5.02 Å². The molecule has 110 valence electrons. The molecule has 2 rings (SSSR count). The van der Waals surface area contributed by atoms with Crippen molar-refractivity contribution in [1.29, 1.82) is 0 Å². The summed E-state index contributed by atoms with van der Waals surface area (Å²) in [6.45, 7) is 4.82. The van der Waals surface area contributed by atoms with E-state index in [2.05, 4.69) is 19.2 Å². The summed E-state index contributed by atoms with van der Waals surface area (Å²) in [5.41, 5.74) is 1.22. The number of rotatable bonds is 5. The largest absolute Gasteiger partial charge is 0.493 e. The van der Waals surface area contributed by atoms with Crippen LogP contribution in [-0.2, 0) is 0 Å². The quantitative estimate of drug-likeness (QED) is 0.874. The molecule has 3 nitrogen and oxygen atoms in total. The summed E-state index contributed by atoms with van der Waals surface area (Å²) < 4.78 is 5.64. The zero-order valence-corrected chi connectivity index (χ0v) is 12.9. The van der Waals surface area contributed by atoms with E-state index in [-0.39, 0.29) is 5.91 Å². The molecule has 0 aliphatic rings. The molecule has 0 bridgehead atoms. The van der Waals surface area contributed by atoms with Gasteiger partial charge in [-0.15, -0.1) is 0 Å². The second-order valence-electron chi connectivity index (χ2n) is 5.20. The molecule has 0 saturated carbocycles. The smallest absolute Gasteiger partial charge is 0.255 e. The van der Waals surface area contributed by atoms with Crippen LogP contribution < -0.4 is 10.1 Å². The third-order valence-corrected chi connectivity index (χ3v) is 3.00. The van der Waals surface area contributed by atoms with E-state index < -0.39 is 0 Å². The molecule has 0 atom stereocenters. The molecular formula is C17H18ClNO2. The summed E-state index contributed by atoms with van der Waals surface area (Å²) >= 11 is 5.89. The predicted octanol–water partition coefficient (Wildman–Crippen LogP) is 4.63. The molecule has 0 heterocycles. The van der Waals surface area contributed by atoms with E-state index in [1.807, 2.05) is 24.3 Å². The van der Waals surface area contributed by atoms with Crippen molar-refractivity contribution in [2.24, 2.45) is 5.92 Å². The van der Waals surface area contributed by atoms with Gasteiger partial charge in [0.15, 0.2) is 0 Å². The van der Waals surface area contributed by atoms with Gasteiger partial charge in [-0.1, -0.05) is 37.6 Å². The molecule has 0 radical (unpaired) electrons. The summed E-state index contributed by atoms with van der Waals surface area (Å²) in [7, 11) is 0. The minimum Gasteiger partial charge on any atom is -0.493 e. The second-order valence-corrected chi connectivity index (χ2v) is 5.63. The summed E-state index contributed by atoms with van der Waals surface area (Å²) in [6, 6.07) is 14.2. The maximum atomic E-state index is 12.1. The molecule has 4 heteroatoms. The zero-order chi connectivity index (χ0) is 15.2. The lowest BCUT2D eigenvalue weighted by molar-refractivity contribution is 0.102. The highest BCUT2D eigenvalue weighted by atomic mass is 35.5. The van der Waals surface area contributed by atoms with Crippen LogP contribution in [0.15, 0.2) is 48.5 Å². The molecule has 0 fully saturated rings. The van der Waals surface area contributed by atoms with E-state index in [0.29, 0.717) is 28.8 Å². The predicted molar refractivity (Wildman–Crippen MR) is 86.2 cm³/mol. The lowest BCUT2D eigenvalue weighted by Gasteiger charge is -2.11. The maximum absolute atomic E-state index is 12.1. The number of benzene rings is 2.